The van der Waals surface area contributed by atoms with Gasteiger partial charge < -0.3 is 0 Å². The first kappa shape index (κ1) is 13.2. The van der Waals surface area contributed by atoms with Crippen LogP contribution >= 0.6 is 34.8 Å². The van der Waals surface area contributed by atoms with Crippen LogP contribution in [0.1, 0.15) is 5.56 Å². The number of hydrogen-bond donors (Lipinski definition) is 0. The Bertz CT molecular complexity index is 633. The zero-order chi connectivity index (χ0) is 13.1. The quantitative estimate of drug-likeness (QED) is 0.800. The topological polar surface area (TPSA) is 36.7 Å². The molecule has 0 aliphatic rings. The molecular formula is C13H7Cl3N2. The molecule has 0 fully saturated rings. The van der Waals surface area contributed by atoms with Gasteiger partial charge in [0.15, 0.2) is 0 Å². The minimum atomic E-state index is 0.219. The summed E-state index contributed by atoms with van der Waals surface area (Å²) in [5.41, 5.74) is 2.37. The van der Waals surface area contributed by atoms with Crippen LogP contribution in [0.5, 0.6) is 0 Å². The second-order valence-electron chi connectivity index (χ2n) is 3.61. The fourth-order valence-corrected chi connectivity index (χ4v) is 2.16. The predicted octanol–water partition coefficient (Wildman–Crippen LogP) is 4.77. The maximum atomic E-state index is 8.84. The summed E-state index contributed by atoms with van der Waals surface area (Å²) in [6.07, 6.45) is 3.41. The molecule has 0 atom stereocenters. The molecule has 0 aliphatic carbocycles. The van der Waals surface area contributed by atoms with Crippen molar-refractivity contribution in [3.63, 3.8) is 0 Å². The molecule has 1 aromatic heterocycles. The predicted molar refractivity (Wildman–Crippen MR) is 74.0 cm³/mol. The lowest BCUT2D eigenvalue weighted by molar-refractivity contribution is 1.21. The summed E-state index contributed by atoms with van der Waals surface area (Å²) in [7, 11) is 0. The van der Waals surface area contributed by atoms with Gasteiger partial charge in [0.05, 0.1) is 27.6 Å². The molecule has 18 heavy (non-hydrogen) atoms. The molecule has 0 bridgehead atoms. The Labute approximate surface area is 120 Å². The monoisotopic (exact) mass is 296 g/mol. The van der Waals surface area contributed by atoms with Crippen molar-refractivity contribution >= 4 is 34.8 Å². The molecule has 0 unspecified atom stereocenters. The van der Waals surface area contributed by atoms with Gasteiger partial charge in [0.1, 0.15) is 0 Å². The highest BCUT2D eigenvalue weighted by molar-refractivity contribution is 6.42. The van der Waals surface area contributed by atoms with Crippen molar-refractivity contribution in [2.75, 3.05) is 0 Å². The SMILES string of the molecule is N#CCc1c(Cl)cncc1-c1ccc(Cl)c(Cl)c1. The van der Waals surface area contributed by atoms with Crippen LogP contribution in [0, 0.1) is 11.3 Å². The summed E-state index contributed by atoms with van der Waals surface area (Å²) in [5, 5.41) is 10.2. The van der Waals surface area contributed by atoms with Crippen LogP contribution in [0.15, 0.2) is 30.6 Å². The Balaban J connectivity index is 2.60. The van der Waals surface area contributed by atoms with E-state index in [0.717, 1.165) is 16.7 Å². The summed E-state index contributed by atoms with van der Waals surface area (Å²) in [5.74, 6) is 0. The van der Waals surface area contributed by atoms with Crippen LogP contribution in [-0.2, 0) is 6.42 Å². The second-order valence-corrected chi connectivity index (χ2v) is 4.83. The lowest BCUT2D eigenvalue weighted by Crippen LogP contribution is -1.92. The van der Waals surface area contributed by atoms with E-state index in [1.807, 2.05) is 6.07 Å². The zero-order valence-electron chi connectivity index (χ0n) is 9.12. The van der Waals surface area contributed by atoms with Gasteiger partial charge in [-0.05, 0) is 23.3 Å². The van der Waals surface area contributed by atoms with Crippen LogP contribution < -0.4 is 0 Å². The number of aromatic nitrogens is 1. The van der Waals surface area contributed by atoms with Crippen LogP contribution in [0.3, 0.4) is 0 Å². The maximum Gasteiger partial charge on any atom is 0.0670 e. The van der Waals surface area contributed by atoms with Gasteiger partial charge in [-0.25, -0.2) is 0 Å². The highest BCUT2D eigenvalue weighted by Gasteiger charge is 2.10. The third kappa shape index (κ3) is 2.59. The molecule has 0 spiro atoms. The summed E-state index contributed by atoms with van der Waals surface area (Å²) >= 11 is 17.9. The molecule has 0 N–H and O–H groups in total. The van der Waals surface area contributed by atoms with E-state index in [0.29, 0.717) is 15.1 Å². The van der Waals surface area contributed by atoms with E-state index in [-0.39, 0.29) is 6.42 Å². The molecule has 0 saturated carbocycles. The van der Waals surface area contributed by atoms with Crippen molar-refractivity contribution < 1.29 is 0 Å². The number of nitriles is 1. The molecule has 1 aromatic carbocycles. The fraction of sp³-hybridized carbons (Fsp3) is 0.0769. The van der Waals surface area contributed by atoms with E-state index >= 15 is 0 Å². The van der Waals surface area contributed by atoms with Gasteiger partial charge in [-0.2, -0.15) is 5.26 Å². The largest absolute Gasteiger partial charge is 0.263 e. The third-order valence-electron chi connectivity index (χ3n) is 2.49. The fourth-order valence-electron chi connectivity index (χ4n) is 1.63. The molecular weight excluding hydrogens is 291 g/mol. The van der Waals surface area contributed by atoms with Gasteiger partial charge in [0, 0.05) is 18.0 Å². The Morgan fingerprint density at radius 1 is 1.06 bits per heavy atom. The first-order valence-corrected chi connectivity index (χ1v) is 6.21. The first-order chi connectivity index (χ1) is 8.63. The number of nitrogens with zero attached hydrogens (tertiary/aromatic N) is 2. The second kappa shape index (κ2) is 5.58. The lowest BCUT2D eigenvalue weighted by Gasteiger charge is -2.09. The summed E-state index contributed by atoms with van der Waals surface area (Å²) in [4.78, 5) is 4.04. The summed E-state index contributed by atoms with van der Waals surface area (Å²) < 4.78 is 0. The molecule has 0 aliphatic heterocycles. The van der Waals surface area contributed by atoms with Crippen LogP contribution in [0.25, 0.3) is 11.1 Å². The summed E-state index contributed by atoms with van der Waals surface area (Å²) in [6.45, 7) is 0. The van der Waals surface area contributed by atoms with E-state index in [2.05, 4.69) is 11.1 Å². The van der Waals surface area contributed by atoms with E-state index in [9.17, 15) is 0 Å². The van der Waals surface area contributed by atoms with Crippen LogP contribution in [-0.4, -0.2) is 4.98 Å². The Kier molecular flexibility index (Phi) is 4.08. The van der Waals surface area contributed by atoms with Crippen molar-refractivity contribution in [2.24, 2.45) is 0 Å². The van der Waals surface area contributed by atoms with Gasteiger partial charge in [0.25, 0.3) is 0 Å². The Hall–Kier alpha value is -1.27. The normalized spacial score (nSPS) is 10.1. The first-order valence-electron chi connectivity index (χ1n) is 5.08. The summed E-state index contributed by atoms with van der Waals surface area (Å²) in [6, 6.07) is 7.35. The number of rotatable bonds is 2. The Morgan fingerprint density at radius 3 is 2.50 bits per heavy atom. The van der Waals surface area contributed by atoms with Crippen molar-refractivity contribution in [3.05, 3.63) is 51.2 Å². The number of hydrogen-bond acceptors (Lipinski definition) is 2. The average molecular weight is 298 g/mol. The number of pyridine rings is 1. The lowest BCUT2D eigenvalue weighted by atomic mass is 10.0. The van der Waals surface area contributed by atoms with Crippen molar-refractivity contribution in [1.29, 1.82) is 5.26 Å². The van der Waals surface area contributed by atoms with Gasteiger partial charge >= 0.3 is 0 Å². The molecule has 1 heterocycles. The van der Waals surface area contributed by atoms with Crippen molar-refractivity contribution in [3.8, 4) is 17.2 Å². The number of halogens is 3. The van der Waals surface area contributed by atoms with E-state index in [4.69, 9.17) is 40.1 Å². The third-order valence-corrected chi connectivity index (χ3v) is 3.56. The van der Waals surface area contributed by atoms with Gasteiger partial charge in [-0.1, -0.05) is 40.9 Å². The molecule has 2 nitrogen and oxygen atoms in total. The average Bonchev–Trinajstić information content (AvgIpc) is 2.35. The zero-order valence-corrected chi connectivity index (χ0v) is 11.4. The molecule has 0 radical (unpaired) electrons. The molecule has 2 aromatic rings. The van der Waals surface area contributed by atoms with Gasteiger partial charge in [-0.3, -0.25) is 4.98 Å². The van der Waals surface area contributed by atoms with E-state index in [1.165, 1.54) is 6.20 Å². The molecule has 5 heteroatoms. The molecule has 0 saturated heterocycles. The smallest absolute Gasteiger partial charge is 0.0670 e. The Morgan fingerprint density at radius 2 is 1.83 bits per heavy atom. The minimum absolute atomic E-state index is 0.219. The van der Waals surface area contributed by atoms with Gasteiger partial charge in [0.2, 0.25) is 0 Å². The standard InChI is InChI=1S/C13H7Cl3N2/c14-11-2-1-8(5-12(11)15)10-6-18-7-13(16)9(10)3-4-17/h1-2,5-7H,3H2. The molecule has 2 rings (SSSR count). The highest BCUT2D eigenvalue weighted by Crippen LogP contribution is 2.32. The maximum absolute atomic E-state index is 8.84. The molecule has 90 valence electrons. The van der Waals surface area contributed by atoms with E-state index < -0.39 is 0 Å². The van der Waals surface area contributed by atoms with Crippen LogP contribution in [0.2, 0.25) is 15.1 Å². The highest BCUT2D eigenvalue weighted by atomic mass is 35.5. The van der Waals surface area contributed by atoms with Crippen molar-refractivity contribution in [1.82, 2.24) is 4.98 Å². The van der Waals surface area contributed by atoms with Gasteiger partial charge in [-0.15, -0.1) is 0 Å². The molecule has 0 amide bonds. The van der Waals surface area contributed by atoms with E-state index in [1.54, 1.807) is 18.3 Å². The number of benzene rings is 1. The van der Waals surface area contributed by atoms with Crippen molar-refractivity contribution in [2.45, 2.75) is 6.42 Å². The van der Waals surface area contributed by atoms with Crippen LogP contribution in [0.4, 0.5) is 0 Å². The minimum Gasteiger partial charge on any atom is -0.263 e.